The molecule has 130 valence electrons. The van der Waals surface area contributed by atoms with E-state index in [0.29, 0.717) is 30.9 Å². The van der Waals surface area contributed by atoms with E-state index in [4.69, 9.17) is 4.74 Å². The lowest BCUT2D eigenvalue weighted by Crippen LogP contribution is -2.45. The molecular weight excluding hydrogens is 304 g/mol. The fourth-order valence-corrected chi connectivity index (χ4v) is 2.65. The second-order valence-corrected chi connectivity index (χ2v) is 6.62. The van der Waals surface area contributed by atoms with Gasteiger partial charge in [-0.1, -0.05) is 6.58 Å². The van der Waals surface area contributed by atoms with Crippen LogP contribution < -0.4 is 10.1 Å². The summed E-state index contributed by atoms with van der Waals surface area (Å²) in [5.74, 6) is 0.751. The van der Waals surface area contributed by atoms with Gasteiger partial charge in [0.1, 0.15) is 12.4 Å². The van der Waals surface area contributed by atoms with Crippen molar-refractivity contribution < 1.29 is 14.3 Å². The van der Waals surface area contributed by atoms with E-state index in [9.17, 15) is 9.59 Å². The molecule has 1 aliphatic rings. The normalized spacial score (nSPS) is 16.8. The van der Waals surface area contributed by atoms with Crippen molar-refractivity contribution in [3.8, 4) is 5.75 Å². The lowest BCUT2D eigenvalue weighted by atomic mass is 10.1. The maximum Gasteiger partial charge on any atom is 0.254 e. The van der Waals surface area contributed by atoms with Gasteiger partial charge in [-0.25, -0.2) is 0 Å². The SMILES string of the molecule is C=C(C)COc1ccc(C(=O)N(CC2CCC(=O)N2)C(C)C)cc1. The highest BCUT2D eigenvalue weighted by atomic mass is 16.5. The molecule has 1 unspecified atom stereocenters. The predicted octanol–water partition coefficient (Wildman–Crippen LogP) is 2.77. The van der Waals surface area contributed by atoms with Crippen LogP contribution >= 0.6 is 0 Å². The zero-order chi connectivity index (χ0) is 17.7. The van der Waals surface area contributed by atoms with Crippen LogP contribution in [0.25, 0.3) is 0 Å². The van der Waals surface area contributed by atoms with Crippen LogP contribution in [0.3, 0.4) is 0 Å². The molecule has 1 aliphatic heterocycles. The van der Waals surface area contributed by atoms with E-state index in [2.05, 4.69) is 11.9 Å². The fraction of sp³-hybridized carbons (Fsp3) is 0.474. The van der Waals surface area contributed by atoms with Crippen LogP contribution in [-0.2, 0) is 4.79 Å². The Kier molecular flexibility index (Phi) is 6.01. The maximum atomic E-state index is 12.8. The van der Waals surface area contributed by atoms with Crippen LogP contribution in [0.4, 0.5) is 0 Å². The molecule has 0 bridgehead atoms. The van der Waals surface area contributed by atoms with Gasteiger partial charge in [-0.05, 0) is 57.0 Å². The molecule has 0 aliphatic carbocycles. The maximum absolute atomic E-state index is 12.8. The quantitative estimate of drug-likeness (QED) is 0.782. The lowest BCUT2D eigenvalue weighted by Gasteiger charge is -2.29. The Balaban J connectivity index is 2.03. The molecule has 1 saturated heterocycles. The summed E-state index contributed by atoms with van der Waals surface area (Å²) in [5, 5.41) is 2.92. The van der Waals surface area contributed by atoms with Crippen LogP contribution in [0, 0.1) is 0 Å². The Bertz CT molecular complexity index is 608. The molecule has 1 heterocycles. The summed E-state index contributed by atoms with van der Waals surface area (Å²) < 4.78 is 5.56. The highest BCUT2D eigenvalue weighted by molar-refractivity contribution is 5.94. The third-order valence-electron chi connectivity index (χ3n) is 3.97. The van der Waals surface area contributed by atoms with Crippen LogP contribution in [0.15, 0.2) is 36.4 Å². The third-order valence-corrected chi connectivity index (χ3v) is 3.97. The van der Waals surface area contributed by atoms with Crippen molar-refractivity contribution in [3.05, 3.63) is 42.0 Å². The zero-order valence-electron chi connectivity index (χ0n) is 14.7. The topological polar surface area (TPSA) is 58.6 Å². The number of hydrogen-bond donors (Lipinski definition) is 1. The van der Waals surface area contributed by atoms with Crippen molar-refractivity contribution in [2.24, 2.45) is 0 Å². The van der Waals surface area contributed by atoms with E-state index in [1.54, 1.807) is 29.2 Å². The fourth-order valence-electron chi connectivity index (χ4n) is 2.65. The minimum atomic E-state index is -0.0300. The summed E-state index contributed by atoms with van der Waals surface area (Å²) in [6.45, 7) is 10.7. The van der Waals surface area contributed by atoms with E-state index < -0.39 is 0 Å². The van der Waals surface area contributed by atoms with E-state index in [-0.39, 0.29) is 23.9 Å². The highest BCUT2D eigenvalue weighted by Gasteiger charge is 2.27. The average Bonchev–Trinajstić information content (AvgIpc) is 2.95. The predicted molar refractivity (Wildman–Crippen MR) is 94.1 cm³/mol. The molecule has 1 N–H and O–H groups in total. The molecule has 0 aromatic heterocycles. The van der Waals surface area contributed by atoms with Gasteiger partial charge in [0.2, 0.25) is 5.91 Å². The summed E-state index contributed by atoms with van der Waals surface area (Å²) >= 11 is 0. The second-order valence-electron chi connectivity index (χ2n) is 6.62. The van der Waals surface area contributed by atoms with Crippen molar-refractivity contribution in [1.29, 1.82) is 0 Å². The standard InChI is InChI=1S/C19H26N2O3/c1-13(2)12-24-17-8-5-15(6-9-17)19(23)21(14(3)4)11-16-7-10-18(22)20-16/h5-6,8-9,14,16H,1,7,10-12H2,2-4H3,(H,20,22). The minimum Gasteiger partial charge on any atom is -0.489 e. The molecule has 1 fully saturated rings. The van der Waals surface area contributed by atoms with Crippen LogP contribution in [-0.4, -0.2) is 41.9 Å². The Morgan fingerprint density at radius 2 is 2.04 bits per heavy atom. The molecular formula is C19H26N2O3. The molecule has 2 rings (SSSR count). The molecule has 1 aromatic carbocycles. The first-order chi connectivity index (χ1) is 11.4. The monoisotopic (exact) mass is 330 g/mol. The van der Waals surface area contributed by atoms with Gasteiger partial charge < -0.3 is 15.0 Å². The molecule has 24 heavy (non-hydrogen) atoms. The van der Waals surface area contributed by atoms with Gasteiger partial charge in [-0.15, -0.1) is 0 Å². The first-order valence-electron chi connectivity index (χ1n) is 8.34. The highest BCUT2D eigenvalue weighted by Crippen LogP contribution is 2.17. The van der Waals surface area contributed by atoms with Crippen molar-refractivity contribution >= 4 is 11.8 Å². The van der Waals surface area contributed by atoms with E-state index in [1.807, 2.05) is 20.8 Å². The minimum absolute atomic E-state index is 0.0300. The van der Waals surface area contributed by atoms with Gasteiger partial charge >= 0.3 is 0 Å². The Morgan fingerprint density at radius 3 is 2.54 bits per heavy atom. The van der Waals surface area contributed by atoms with Crippen LogP contribution in [0.2, 0.25) is 0 Å². The number of carbonyl (C=O) groups is 2. The van der Waals surface area contributed by atoms with Crippen LogP contribution in [0.5, 0.6) is 5.75 Å². The third kappa shape index (κ3) is 4.85. The van der Waals surface area contributed by atoms with E-state index >= 15 is 0 Å². The molecule has 1 atom stereocenters. The zero-order valence-corrected chi connectivity index (χ0v) is 14.7. The molecule has 5 nitrogen and oxygen atoms in total. The first kappa shape index (κ1) is 18.0. The summed E-state index contributed by atoms with van der Waals surface area (Å²) in [5.41, 5.74) is 1.57. The van der Waals surface area contributed by atoms with E-state index in [1.165, 1.54) is 0 Å². The molecule has 0 saturated carbocycles. The van der Waals surface area contributed by atoms with Crippen molar-refractivity contribution in [3.63, 3.8) is 0 Å². The Morgan fingerprint density at radius 1 is 1.38 bits per heavy atom. The molecule has 1 aromatic rings. The molecule has 5 heteroatoms. The number of ether oxygens (including phenoxy) is 1. The lowest BCUT2D eigenvalue weighted by molar-refractivity contribution is -0.119. The number of rotatable bonds is 7. The largest absolute Gasteiger partial charge is 0.489 e. The number of amides is 2. The van der Waals surface area contributed by atoms with Gasteiger partial charge in [-0.2, -0.15) is 0 Å². The average molecular weight is 330 g/mol. The van der Waals surface area contributed by atoms with Gasteiger partial charge in [0, 0.05) is 30.6 Å². The van der Waals surface area contributed by atoms with E-state index in [0.717, 1.165) is 12.0 Å². The number of carbonyl (C=O) groups excluding carboxylic acids is 2. The van der Waals surface area contributed by atoms with Crippen molar-refractivity contribution in [2.45, 2.75) is 45.7 Å². The Labute approximate surface area is 143 Å². The molecule has 0 spiro atoms. The van der Waals surface area contributed by atoms with Gasteiger partial charge in [0.15, 0.2) is 0 Å². The summed E-state index contributed by atoms with van der Waals surface area (Å²) in [4.78, 5) is 26.0. The number of benzene rings is 1. The van der Waals surface area contributed by atoms with Crippen LogP contribution in [0.1, 0.15) is 44.0 Å². The van der Waals surface area contributed by atoms with Gasteiger partial charge in [0.05, 0.1) is 0 Å². The Hall–Kier alpha value is -2.30. The number of nitrogens with one attached hydrogen (secondary N) is 1. The van der Waals surface area contributed by atoms with Gasteiger partial charge in [0.25, 0.3) is 5.91 Å². The molecule has 0 radical (unpaired) electrons. The second kappa shape index (κ2) is 7.99. The first-order valence-corrected chi connectivity index (χ1v) is 8.34. The molecule has 2 amide bonds. The van der Waals surface area contributed by atoms with Gasteiger partial charge in [-0.3, -0.25) is 9.59 Å². The smallest absolute Gasteiger partial charge is 0.254 e. The summed E-state index contributed by atoms with van der Waals surface area (Å²) in [7, 11) is 0. The summed E-state index contributed by atoms with van der Waals surface area (Å²) in [6.07, 6.45) is 1.32. The number of nitrogens with zero attached hydrogens (tertiary/aromatic N) is 1. The number of hydrogen-bond acceptors (Lipinski definition) is 3. The summed E-state index contributed by atoms with van der Waals surface area (Å²) in [6, 6.07) is 7.26. The van der Waals surface area contributed by atoms with Crippen molar-refractivity contribution in [2.75, 3.05) is 13.2 Å². The van der Waals surface area contributed by atoms with Crippen molar-refractivity contribution in [1.82, 2.24) is 10.2 Å².